The van der Waals surface area contributed by atoms with Crippen molar-refractivity contribution < 1.29 is 9.59 Å². The Morgan fingerprint density at radius 2 is 2.03 bits per heavy atom. The highest BCUT2D eigenvalue weighted by Crippen LogP contribution is 2.26. The molecule has 1 aliphatic rings. The first-order valence-corrected chi connectivity index (χ1v) is 9.61. The number of para-hydroxylation sites is 2. The van der Waals surface area contributed by atoms with Gasteiger partial charge in [0.2, 0.25) is 17.8 Å². The first-order valence-electron chi connectivity index (χ1n) is 9.61. The van der Waals surface area contributed by atoms with Crippen molar-refractivity contribution in [2.24, 2.45) is 0 Å². The standard InChI is InChI=1S/C21H26N6O2/c1-4-19(29)24-17-9-5-6-10-18(17)25-20-14(2)12-22-21(26-20)23-16-8-7-11-27(13-16)15(3)28/h4-6,9-10,12,16H,1,7-8,11,13H2,2-3H3,(H,24,29)(H2,22,23,25,26)/t16-/m0/s1. The van der Waals surface area contributed by atoms with Crippen LogP contribution in [0.3, 0.4) is 0 Å². The van der Waals surface area contributed by atoms with Crippen LogP contribution in [0.1, 0.15) is 25.3 Å². The van der Waals surface area contributed by atoms with Gasteiger partial charge >= 0.3 is 0 Å². The van der Waals surface area contributed by atoms with E-state index in [1.807, 2.05) is 30.0 Å². The lowest BCUT2D eigenvalue weighted by molar-refractivity contribution is -0.129. The number of hydrogen-bond donors (Lipinski definition) is 3. The van der Waals surface area contributed by atoms with Crippen molar-refractivity contribution in [1.82, 2.24) is 14.9 Å². The van der Waals surface area contributed by atoms with Crippen LogP contribution in [0.15, 0.2) is 43.1 Å². The van der Waals surface area contributed by atoms with Gasteiger partial charge in [-0.2, -0.15) is 4.98 Å². The van der Waals surface area contributed by atoms with Gasteiger partial charge in [0.25, 0.3) is 0 Å². The molecule has 152 valence electrons. The van der Waals surface area contributed by atoms with E-state index >= 15 is 0 Å². The van der Waals surface area contributed by atoms with Crippen molar-refractivity contribution in [3.63, 3.8) is 0 Å². The largest absolute Gasteiger partial charge is 0.350 e. The summed E-state index contributed by atoms with van der Waals surface area (Å²) >= 11 is 0. The van der Waals surface area contributed by atoms with Gasteiger partial charge in [-0.3, -0.25) is 9.59 Å². The summed E-state index contributed by atoms with van der Waals surface area (Å²) in [6.45, 7) is 8.42. The van der Waals surface area contributed by atoms with Gasteiger partial charge < -0.3 is 20.9 Å². The van der Waals surface area contributed by atoms with E-state index in [-0.39, 0.29) is 17.9 Å². The predicted molar refractivity (Wildman–Crippen MR) is 114 cm³/mol. The minimum Gasteiger partial charge on any atom is -0.350 e. The second-order valence-corrected chi connectivity index (χ2v) is 7.04. The number of rotatable bonds is 6. The fourth-order valence-electron chi connectivity index (χ4n) is 3.21. The van der Waals surface area contributed by atoms with Crippen LogP contribution in [0.25, 0.3) is 0 Å². The van der Waals surface area contributed by atoms with E-state index in [0.717, 1.165) is 30.6 Å². The molecule has 1 saturated heterocycles. The minimum atomic E-state index is -0.284. The summed E-state index contributed by atoms with van der Waals surface area (Å²) in [5.41, 5.74) is 2.22. The highest BCUT2D eigenvalue weighted by atomic mass is 16.2. The molecule has 3 rings (SSSR count). The first-order chi connectivity index (χ1) is 14.0. The van der Waals surface area contributed by atoms with Gasteiger partial charge in [-0.15, -0.1) is 0 Å². The molecule has 29 heavy (non-hydrogen) atoms. The molecule has 1 aromatic heterocycles. The van der Waals surface area contributed by atoms with E-state index in [4.69, 9.17) is 0 Å². The third kappa shape index (κ3) is 5.31. The van der Waals surface area contributed by atoms with Crippen molar-refractivity contribution >= 4 is 35.0 Å². The van der Waals surface area contributed by atoms with Crippen molar-refractivity contribution in [3.05, 3.63) is 48.7 Å². The smallest absolute Gasteiger partial charge is 0.247 e. The Morgan fingerprint density at radius 3 is 2.76 bits per heavy atom. The number of carbonyl (C=O) groups is 2. The molecule has 0 spiro atoms. The molecule has 8 heteroatoms. The van der Waals surface area contributed by atoms with Crippen LogP contribution < -0.4 is 16.0 Å². The van der Waals surface area contributed by atoms with Crippen LogP contribution in [-0.2, 0) is 9.59 Å². The van der Waals surface area contributed by atoms with E-state index < -0.39 is 0 Å². The van der Waals surface area contributed by atoms with Crippen LogP contribution in [0.5, 0.6) is 0 Å². The van der Waals surface area contributed by atoms with Crippen LogP contribution >= 0.6 is 0 Å². The summed E-state index contributed by atoms with van der Waals surface area (Å²) in [6, 6.07) is 7.49. The van der Waals surface area contributed by atoms with Crippen molar-refractivity contribution in [3.8, 4) is 0 Å². The van der Waals surface area contributed by atoms with Gasteiger partial charge in [-0.1, -0.05) is 18.7 Å². The molecule has 0 unspecified atom stereocenters. The molecule has 1 fully saturated rings. The van der Waals surface area contributed by atoms with E-state index in [1.165, 1.54) is 6.08 Å². The SMILES string of the molecule is C=CC(=O)Nc1ccccc1Nc1nc(N[C@H]2CCCN(C(C)=O)C2)ncc1C. The Kier molecular flexibility index (Phi) is 6.43. The molecular formula is C21H26N6O2. The van der Waals surface area contributed by atoms with E-state index in [0.29, 0.717) is 24.0 Å². The Bertz CT molecular complexity index is 914. The minimum absolute atomic E-state index is 0.0851. The van der Waals surface area contributed by atoms with Crippen molar-refractivity contribution in [1.29, 1.82) is 0 Å². The molecule has 1 aliphatic heterocycles. The fourth-order valence-corrected chi connectivity index (χ4v) is 3.21. The molecule has 2 heterocycles. The number of piperidine rings is 1. The second-order valence-electron chi connectivity index (χ2n) is 7.04. The number of likely N-dealkylation sites (tertiary alicyclic amines) is 1. The van der Waals surface area contributed by atoms with E-state index in [9.17, 15) is 9.59 Å². The fraction of sp³-hybridized carbons (Fsp3) is 0.333. The van der Waals surface area contributed by atoms with Crippen molar-refractivity contribution in [2.45, 2.75) is 32.7 Å². The van der Waals surface area contributed by atoms with Crippen LogP contribution in [-0.4, -0.2) is 45.8 Å². The third-order valence-electron chi connectivity index (χ3n) is 4.80. The first kappa shape index (κ1) is 20.3. The number of amides is 2. The Balaban J connectivity index is 1.76. The molecule has 0 aliphatic carbocycles. The molecule has 2 amide bonds. The molecule has 1 aromatic carbocycles. The lowest BCUT2D eigenvalue weighted by atomic mass is 10.1. The zero-order valence-electron chi connectivity index (χ0n) is 16.7. The van der Waals surface area contributed by atoms with E-state index in [1.54, 1.807) is 19.2 Å². The normalized spacial score (nSPS) is 16.1. The second kappa shape index (κ2) is 9.18. The molecule has 0 saturated carbocycles. The number of nitrogens with one attached hydrogen (secondary N) is 3. The van der Waals surface area contributed by atoms with E-state index in [2.05, 4.69) is 32.5 Å². The number of benzene rings is 1. The third-order valence-corrected chi connectivity index (χ3v) is 4.80. The number of hydrogen-bond acceptors (Lipinski definition) is 6. The molecule has 1 atom stereocenters. The van der Waals surface area contributed by atoms with Gasteiger partial charge in [0.1, 0.15) is 5.82 Å². The maximum atomic E-state index is 11.7. The highest BCUT2D eigenvalue weighted by molar-refractivity contribution is 6.01. The van der Waals surface area contributed by atoms with Gasteiger partial charge in [0, 0.05) is 37.8 Å². The topological polar surface area (TPSA) is 99.2 Å². The molecule has 2 aromatic rings. The molecule has 3 N–H and O–H groups in total. The monoisotopic (exact) mass is 394 g/mol. The summed E-state index contributed by atoms with van der Waals surface area (Å²) in [4.78, 5) is 34.2. The van der Waals surface area contributed by atoms with Gasteiger partial charge in [-0.05, 0) is 38.0 Å². The lowest BCUT2D eigenvalue weighted by Crippen LogP contribution is -2.44. The number of anilines is 4. The van der Waals surface area contributed by atoms with Crippen LogP contribution in [0.2, 0.25) is 0 Å². The predicted octanol–water partition coefficient (Wildman–Crippen LogP) is 3.08. The summed E-state index contributed by atoms with van der Waals surface area (Å²) in [6.07, 6.45) is 4.88. The average Bonchev–Trinajstić information content (AvgIpc) is 2.72. The Hall–Kier alpha value is -3.42. The average molecular weight is 394 g/mol. The lowest BCUT2D eigenvalue weighted by Gasteiger charge is -2.32. The van der Waals surface area contributed by atoms with Gasteiger partial charge in [-0.25, -0.2) is 4.98 Å². The number of carbonyl (C=O) groups excluding carboxylic acids is 2. The zero-order valence-corrected chi connectivity index (χ0v) is 16.7. The summed E-state index contributed by atoms with van der Waals surface area (Å²) in [5, 5.41) is 9.39. The van der Waals surface area contributed by atoms with Crippen LogP contribution in [0.4, 0.5) is 23.1 Å². The van der Waals surface area contributed by atoms with Crippen molar-refractivity contribution in [2.75, 3.05) is 29.0 Å². The maximum absolute atomic E-state index is 11.7. The molecular weight excluding hydrogens is 368 g/mol. The number of nitrogens with zero attached hydrogens (tertiary/aromatic N) is 3. The van der Waals surface area contributed by atoms with Gasteiger partial charge in [0.05, 0.1) is 11.4 Å². The zero-order chi connectivity index (χ0) is 20.8. The highest BCUT2D eigenvalue weighted by Gasteiger charge is 2.22. The summed E-state index contributed by atoms with van der Waals surface area (Å²) in [7, 11) is 0. The Morgan fingerprint density at radius 1 is 1.28 bits per heavy atom. The molecule has 0 bridgehead atoms. The summed E-state index contributed by atoms with van der Waals surface area (Å²) in [5.74, 6) is 0.943. The van der Waals surface area contributed by atoms with Crippen LogP contribution in [0, 0.1) is 6.92 Å². The van der Waals surface area contributed by atoms with Gasteiger partial charge in [0.15, 0.2) is 0 Å². The number of aromatic nitrogens is 2. The molecule has 0 radical (unpaired) electrons. The quantitative estimate of drug-likeness (QED) is 0.651. The summed E-state index contributed by atoms with van der Waals surface area (Å²) < 4.78 is 0. The molecule has 8 nitrogen and oxygen atoms in total. The number of aryl methyl sites for hydroxylation is 1. The maximum Gasteiger partial charge on any atom is 0.247 e. The Labute approximate surface area is 170 Å².